The predicted octanol–water partition coefficient (Wildman–Crippen LogP) is 3.55. The molecule has 4 heteroatoms. The summed E-state index contributed by atoms with van der Waals surface area (Å²) in [5, 5.41) is 0. The van der Waals surface area contributed by atoms with E-state index in [4.69, 9.17) is 4.43 Å². The summed E-state index contributed by atoms with van der Waals surface area (Å²) in [4.78, 5) is 0. The average Bonchev–Trinajstić information content (AvgIpc) is 1.75. The van der Waals surface area contributed by atoms with Gasteiger partial charge in [-0.15, -0.1) is 0 Å². The van der Waals surface area contributed by atoms with Gasteiger partial charge in [0.25, 0.3) is 0 Å². The van der Waals surface area contributed by atoms with Crippen LogP contribution in [0.1, 0.15) is 20.8 Å². The normalized spacial score (nSPS) is 15.7. The molecular weight excluding hydrogens is 279 g/mol. The first-order chi connectivity index (χ1) is 6.31. The van der Waals surface area contributed by atoms with Gasteiger partial charge in [-0.2, -0.15) is 0 Å². The van der Waals surface area contributed by atoms with Crippen LogP contribution in [0.5, 0.6) is 0 Å². The molecule has 0 aliphatic carbocycles. The molecule has 0 rings (SSSR count). The molecule has 1 nitrogen and oxygen atoms in total. The first-order valence-electron chi connectivity index (χ1n) is 5.61. The van der Waals surface area contributed by atoms with Crippen LogP contribution in [0, 0.1) is 5.41 Å². The van der Waals surface area contributed by atoms with Crippen LogP contribution in [0.4, 0.5) is 0 Å². The Kier molecular flexibility index (Phi) is 5.26. The summed E-state index contributed by atoms with van der Waals surface area (Å²) in [7, 11) is -1.42. The van der Waals surface area contributed by atoms with Gasteiger partial charge in [-0.25, -0.2) is 0 Å². The van der Waals surface area contributed by atoms with E-state index in [1.807, 2.05) is 0 Å². The second-order valence-electron chi connectivity index (χ2n) is 7.05. The van der Waals surface area contributed by atoms with Gasteiger partial charge in [0.1, 0.15) is 0 Å². The summed E-state index contributed by atoms with van der Waals surface area (Å²) in [5.41, 5.74) is 0.237. The van der Waals surface area contributed by atoms with E-state index in [1.54, 1.807) is 0 Å². The van der Waals surface area contributed by atoms with Crippen molar-refractivity contribution in [2.75, 3.05) is 0 Å². The Bertz CT molecular complexity index is 241. The molecule has 0 aromatic carbocycles. The van der Waals surface area contributed by atoms with Crippen LogP contribution >= 0.6 is 0 Å². The van der Waals surface area contributed by atoms with Crippen LogP contribution in [0.15, 0.2) is 0 Å². The van der Waals surface area contributed by atoms with Gasteiger partial charge < -0.3 is 0 Å². The minimum atomic E-state index is -1.42. The topological polar surface area (TPSA) is 9.23 Å². The van der Waals surface area contributed by atoms with E-state index in [0.29, 0.717) is 0 Å². The van der Waals surface area contributed by atoms with Gasteiger partial charge in [-0.3, -0.25) is 0 Å². The van der Waals surface area contributed by atoms with Gasteiger partial charge in [0, 0.05) is 0 Å². The van der Waals surface area contributed by atoms with Crippen LogP contribution in [0.2, 0.25) is 39.3 Å². The Morgan fingerprint density at radius 3 is 1.53 bits per heavy atom. The third-order valence-electron chi connectivity index (χ3n) is 1.48. The fraction of sp³-hybridized carbons (Fsp3) is 0.909. The average molecular weight is 306 g/mol. The Balaban J connectivity index is 5.02. The molecule has 0 amide bonds. The monoisotopic (exact) mass is 306 g/mol. The molecule has 0 fully saturated rings. The Morgan fingerprint density at radius 1 is 0.933 bits per heavy atom. The molecule has 0 heterocycles. The molecule has 0 radical (unpaired) electrons. The summed E-state index contributed by atoms with van der Waals surface area (Å²) in [6, 6.07) is 0. The van der Waals surface area contributed by atoms with Crippen LogP contribution in [-0.2, 0) is 4.43 Å². The molecule has 0 aliphatic heterocycles. The number of hydrogen-bond acceptors (Lipinski definition) is 1. The van der Waals surface area contributed by atoms with Crippen molar-refractivity contribution in [3.05, 3.63) is 0 Å². The van der Waals surface area contributed by atoms with Crippen molar-refractivity contribution in [2.45, 2.75) is 60.1 Å². The molecule has 0 aliphatic rings. The SMILES string of the molecule is CC(C)(C)C(O[Si](C)(C)C)=[As][Si](C)(C)C. The zero-order chi connectivity index (χ0) is 12.5. The number of hydrogen-bond donors (Lipinski definition) is 0. The maximum atomic E-state index is 6.31. The molecule has 0 N–H and O–H groups in total. The van der Waals surface area contributed by atoms with Gasteiger partial charge in [0.2, 0.25) is 0 Å². The zero-order valence-electron chi connectivity index (χ0n) is 11.9. The molecule has 0 bridgehead atoms. The van der Waals surface area contributed by atoms with E-state index in [-0.39, 0.29) is 20.1 Å². The second kappa shape index (κ2) is 4.99. The Hall–Kier alpha value is 0.822. The minimum absolute atomic E-state index is 0.237. The zero-order valence-corrected chi connectivity index (χ0v) is 15.7. The molecule has 0 aromatic heterocycles. The summed E-state index contributed by atoms with van der Waals surface area (Å²) in [6.07, 6.45) is 0. The molecule has 0 aromatic rings. The predicted molar refractivity (Wildman–Crippen MR) is 78.0 cm³/mol. The van der Waals surface area contributed by atoms with E-state index >= 15 is 0 Å². The van der Waals surface area contributed by atoms with Crippen molar-refractivity contribution in [1.29, 1.82) is 0 Å². The second-order valence-corrected chi connectivity index (χ2v) is 26.8. The van der Waals surface area contributed by atoms with Crippen molar-refractivity contribution in [1.82, 2.24) is 0 Å². The fourth-order valence-electron chi connectivity index (χ4n) is 0.938. The quantitative estimate of drug-likeness (QED) is 0.725. The van der Waals surface area contributed by atoms with Crippen molar-refractivity contribution < 1.29 is 4.43 Å². The van der Waals surface area contributed by atoms with Gasteiger partial charge in [0.05, 0.1) is 0 Å². The summed E-state index contributed by atoms with van der Waals surface area (Å²) in [5.74, 6) is 0. The van der Waals surface area contributed by atoms with Crippen LogP contribution < -0.4 is 0 Å². The van der Waals surface area contributed by atoms with Crippen LogP contribution in [-0.4, -0.2) is 34.0 Å². The number of rotatable bonds is 3. The van der Waals surface area contributed by atoms with E-state index in [1.165, 1.54) is 4.49 Å². The third-order valence-corrected chi connectivity index (χ3v) is 10.6. The first kappa shape index (κ1) is 15.8. The van der Waals surface area contributed by atoms with Crippen LogP contribution in [0.3, 0.4) is 0 Å². The summed E-state index contributed by atoms with van der Waals surface area (Å²) < 4.78 is 7.74. The van der Waals surface area contributed by atoms with E-state index in [9.17, 15) is 0 Å². The standard InChI is InChI=1S/C11H27AsOSi2/c1-11(2,3)10(12-14(4,5)6)13-15(7,8)9/h1-9H3. The third kappa shape index (κ3) is 8.61. The summed E-state index contributed by atoms with van der Waals surface area (Å²) in [6.45, 7) is 20.1. The molecule has 0 saturated carbocycles. The van der Waals surface area contributed by atoms with Crippen molar-refractivity contribution in [2.24, 2.45) is 5.41 Å². The van der Waals surface area contributed by atoms with Gasteiger partial charge in [-0.05, 0) is 0 Å². The molecule has 90 valence electrons. The van der Waals surface area contributed by atoms with Crippen molar-refractivity contribution >= 4 is 34.0 Å². The molecule has 15 heavy (non-hydrogen) atoms. The van der Waals surface area contributed by atoms with Gasteiger partial charge in [-0.1, -0.05) is 0 Å². The first-order valence-corrected chi connectivity index (χ1v) is 16.2. The maximum absolute atomic E-state index is 6.31. The molecule has 0 unspecified atom stereocenters. The Morgan fingerprint density at radius 2 is 1.33 bits per heavy atom. The fourth-order valence-corrected chi connectivity index (χ4v) is 11.5. The molecular formula is C11H27AsOSi2. The van der Waals surface area contributed by atoms with Crippen molar-refractivity contribution in [3.63, 3.8) is 0 Å². The Labute approximate surface area is 104 Å². The van der Waals surface area contributed by atoms with Gasteiger partial charge >= 0.3 is 104 Å². The van der Waals surface area contributed by atoms with E-state index in [0.717, 1.165) is 0 Å². The van der Waals surface area contributed by atoms with Crippen LogP contribution in [0.25, 0.3) is 0 Å². The van der Waals surface area contributed by atoms with Crippen molar-refractivity contribution in [3.8, 4) is 0 Å². The molecule has 0 spiro atoms. The van der Waals surface area contributed by atoms with E-state index in [2.05, 4.69) is 60.1 Å². The van der Waals surface area contributed by atoms with E-state index < -0.39 is 14.9 Å². The molecule has 0 saturated heterocycles. The molecule has 0 atom stereocenters. The summed E-state index contributed by atoms with van der Waals surface area (Å²) >= 11 is 0.286. The van der Waals surface area contributed by atoms with Gasteiger partial charge in [0.15, 0.2) is 0 Å².